The third-order valence-electron chi connectivity index (χ3n) is 4.76. The minimum atomic E-state index is -3.45. The summed E-state index contributed by atoms with van der Waals surface area (Å²) < 4.78 is 26.1. The number of benzene rings is 1. The highest BCUT2D eigenvalue weighted by Gasteiger charge is 2.30. The van der Waals surface area contributed by atoms with Crippen molar-refractivity contribution in [1.29, 1.82) is 0 Å². The molecule has 0 atom stereocenters. The summed E-state index contributed by atoms with van der Waals surface area (Å²) in [5.74, 6) is -2.19. The summed E-state index contributed by atoms with van der Waals surface area (Å²) in [6.45, 7) is 1.63. The molecule has 1 aliphatic carbocycles. The molecule has 1 aromatic heterocycles. The summed E-state index contributed by atoms with van der Waals surface area (Å²) in [4.78, 5) is 23.4. The Morgan fingerprint density at radius 1 is 1.30 bits per heavy atom. The van der Waals surface area contributed by atoms with Crippen LogP contribution in [0.4, 0.5) is 5.69 Å². The number of sulfone groups is 1. The minimum absolute atomic E-state index is 0.0899. The van der Waals surface area contributed by atoms with Crippen LogP contribution in [-0.2, 0) is 14.6 Å². The third kappa shape index (κ3) is 4.19. The van der Waals surface area contributed by atoms with Gasteiger partial charge < -0.3 is 10.4 Å². The van der Waals surface area contributed by atoms with Gasteiger partial charge in [0.05, 0.1) is 22.8 Å². The Balaban J connectivity index is 1.74. The lowest BCUT2D eigenvalue weighted by molar-refractivity contribution is -0.113. The summed E-state index contributed by atoms with van der Waals surface area (Å²) in [6, 6.07) is 6.65. The van der Waals surface area contributed by atoms with Gasteiger partial charge in [0.1, 0.15) is 11.3 Å². The number of hydrogen-bond donors (Lipinski definition) is 2. The van der Waals surface area contributed by atoms with Gasteiger partial charge in [-0.3, -0.25) is 4.79 Å². The van der Waals surface area contributed by atoms with E-state index < -0.39 is 32.7 Å². The van der Waals surface area contributed by atoms with Gasteiger partial charge in [0.25, 0.3) is 0 Å². The van der Waals surface area contributed by atoms with Crippen LogP contribution in [0.5, 0.6) is 0 Å². The Morgan fingerprint density at radius 3 is 2.63 bits per heavy atom. The van der Waals surface area contributed by atoms with Gasteiger partial charge in [-0.05, 0) is 38.0 Å². The van der Waals surface area contributed by atoms with E-state index in [0.29, 0.717) is 29.9 Å². The fourth-order valence-corrected chi connectivity index (χ4v) is 5.07. The van der Waals surface area contributed by atoms with E-state index in [1.54, 1.807) is 31.2 Å². The molecule has 1 heterocycles. The van der Waals surface area contributed by atoms with Crippen molar-refractivity contribution in [3.05, 3.63) is 41.7 Å². The molecule has 1 amide bonds. The first-order chi connectivity index (χ1) is 12.8. The third-order valence-corrected chi connectivity index (χ3v) is 6.91. The maximum Gasteiger partial charge on any atom is 0.339 e. The van der Waals surface area contributed by atoms with Crippen molar-refractivity contribution in [2.24, 2.45) is 0 Å². The first kappa shape index (κ1) is 19.1. The summed E-state index contributed by atoms with van der Waals surface area (Å²) in [7, 11) is -3.45. The van der Waals surface area contributed by atoms with Crippen molar-refractivity contribution in [3.8, 4) is 5.69 Å². The van der Waals surface area contributed by atoms with Gasteiger partial charge in [0.15, 0.2) is 9.84 Å². The molecule has 27 heavy (non-hydrogen) atoms. The average molecular weight is 391 g/mol. The number of carbonyl (C=O) groups is 2. The first-order valence-corrected chi connectivity index (χ1v) is 10.4. The Bertz CT molecular complexity index is 975. The molecule has 1 fully saturated rings. The van der Waals surface area contributed by atoms with Gasteiger partial charge >= 0.3 is 5.97 Å². The number of nitrogens with one attached hydrogen (secondary N) is 1. The zero-order valence-electron chi connectivity index (χ0n) is 14.9. The number of carboxylic acids is 1. The van der Waals surface area contributed by atoms with E-state index in [4.69, 9.17) is 5.11 Å². The van der Waals surface area contributed by atoms with Crippen LogP contribution in [0.2, 0.25) is 0 Å². The lowest BCUT2D eigenvalue weighted by Crippen LogP contribution is -2.29. The number of amides is 1. The van der Waals surface area contributed by atoms with Gasteiger partial charge in [-0.25, -0.2) is 17.9 Å². The van der Waals surface area contributed by atoms with E-state index in [-0.39, 0.29) is 5.56 Å². The maximum absolute atomic E-state index is 12.3. The molecule has 0 saturated heterocycles. The van der Waals surface area contributed by atoms with E-state index in [9.17, 15) is 18.0 Å². The van der Waals surface area contributed by atoms with Crippen molar-refractivity contribution < 1.29 is 23.1 Å². The number of anilines is 1. The fourth-order valence-electron chi connectivity index (χ4n) is 3.34. The first-order valence-electron chi connectivity index (χ1n) is 8.68. The number of carboxylic acid groups (broad SMARTS) is 1. The highest BCUT2D eigenvalue weighted by atomic mass is 32.2. The van der Waals surface area contributed by atoms with Gasteiger partial charge in [0, 0.05) is 5.69 Å². The minimum Gasteiger partial charge on any atom is -0.478 e. The van der Waals surface area contributed by atoms with Crippen LogP contribution in [0, 0.1) is 6.92 Å². The molecule has 0 aliphatic heterocycles. The average Bonchev–Trinajstić information content (AvgIpc) is 3.24. The Morgan fingerprint density at radius 2 is 2.00 bits per heavy atom. The van der Waals surface area contributed by atoms with Gasteiger partial charge in [-0.2, -0.15) is 5.10 Å². The summed E-state index contributed by atoms with van der Waals surface area (Å²) in [5, 5.41) is 15.4. The van der Waals surface area contributed by atoms with Crippen molar-refractivity contribution in [3.63, 3.8) is 0 Å². The fraction of sp³-hybridized carbons (Fsp3) is 0.389. The van der Waals surface area contributed by atoms with Gasteiger partial charge in [-0.15, -0.1) is 0 Å². The summed E-state index contributed by atoms with van der Waals surface area (Å²) in [6.07, 6.45) is 4.27. The lowest BCUT2D eigenvalue weighted by Gasteiger charge is -2.12. The molecular weight excluding hydrogens is 370 g/mol. The molecule has 3 rings (SSSR count). The quantitative estimate of drug-likeness (QED) is 0.779. The number of carbonyl (C=O) groups excluding carboxylic acids is 1. The predicted octanol–water partition coefficient (Wildman–Crippen LogP) is 2.17. The summed E-state index contributed by atoms with van der Waals surface area (Å²) in [5.41, 5.74) is 1.53. The Kier molecular flexibility index (Phi) is 5.31. The van der Waals surface area contributed by atoms with Crippen LogP contribution in [-0.4, -0.2) is 46.2 Å². The van der Waals surface area contributed by atoms with E-state index >= 15 is 0 Å². The van der Waals surface area contributed by atoms with Crippen molar-refractivity contribution in [1.82, 2.24) is 9.78 Å². The summed E-state index contributed by atoms with van der Waals surface area (Å²) >= 11 is 0. The van der Waals surface area contributed by atoms with Crippen LogP contribution in [0.3, 0.4) is 0 Å². The molecule has 0 unspecified atom stereocenters. The molecule has 1 aromatic carbocycles. The topological polar surface area (TPSA) is 118 Å². The standard InChI is InChI=1S/C18H21N3O5S/c1-12-16(18(23)24)10-19-21(12)14-6-4-5-13(9-14)20-17(22)11-27(25,26)15-7-2-3-8-15/h4-6,9-10,15H,2-3,7-8,11H2,1H3,(H,20,22)(H,23,24). The molecule has 8 nitrogen and oxygen atoms in total. The van der Waals surface area contributed by atoms with E-state index in [1.807, 2.05) is 0 Å². The van der Waals surface area contributed by atoms with Crippen LogP contribution in [0.15, 0.2) is 30.5 Å². The number of hydrogen-bond acceptors (Lipinski definition) is 5. The molecule has 144 valence electrons. The lowest BCUT2D eigenvalue weighted by atomic mass is 10.2. The zero-order chi connectivity index (χ0) is 19.6. The zero-order valence-corrected chi connectivity index (χ0v) is 15.7. The predicted molar refractivity (Wildman–Crippen MR) is 99.9 cm³/mol. The van der Waals surface area contributed by atoms with Crippen LogP contribution >= 0.6 is 0 Å². The highest BCUT2D eigenvalue weighted by molar-refractivity contribution is 7.92. The van der Waals surface area contributed by atoms with Crippen LogP contribution < -0.4 is 5.32 Å². The van der Waals surface area contributed by atoms with Crippen molar-refractivity contribution in [2.75, 3.05) is 11.1 Å². The van der Waals surface area contributed by atoms with E-state index in [2.05, 4.69) is 10.4 Å². The van der Waals surface area contributed by atoms with Gasteiger partial charge in [0.2, 0.25) is 5.91 Å². The normalized spacial score (nSPS) is 15.0. The molecule has 9 heteroatoms. The maximum atomic E-state index is 12.3. The molecule has 1 aliphatic rings. The SMILES string of the molecule is Cc1c(C(=O)O)cnn1-c1cccc(NC(=O)CS(=O)(=O)C2CCCC2)c1. The van der Waals surface area contributed by atoms with Crippen LogP contribution in [0.25, 0.3) is 5.69 Å². The van der Waals surface area contributed by atoms with Crippen molar-refractivity contribution in [2.45, 2.75) is 37.9 Å². The second-order valence-electron chi connectivity index (χ2n) is 6.67. The van der Waals surface area contributed by atoms with Crippen molar-refractivity contribution >= 4 is 27.4 Å². The molecule has 2 N–H and O–H groups in total. The molecule has 0 spiro atoms. The van der Waals surface area contributed by atoms with E-state index in [0.717, 1.165) is 12.8 Å². The second kappa shape index (κ2) is 7.51. The number of aromatic carboxylic acids is 1. The second-order valence-corrected chi connectivity index (χ2v) is 8.95. The smallest absolute Gasteiger partial charge is 0.339 e. The molecule has 1 saturated carbocycles. The Labute approximate surface area is 157 Å². The monoisotopic (exact) mass is 391 g/mol. The Hall–Kier alpha value is -2.68. The highest BCUT2D eigenvalue weighted by Crippen LogP contribution is 2.25. The van der Waals surface area contributed by atoms with Gasteiger partial charge in [-0.1, -0.05) is 18.9 Å². The van der Waals surface area contributed by atoms with Crippen LogP contribution in [0.1, 0.15) is 41.7 Å². The number of nitrogens with zero attached hydrogens (tertiary/aromatic N) is 2. The molecular formula is C18H21N3O5S. The van der Waals surface area contributed by atoms with E-state index in [1.165, 1.54) is 10.9 Å². The molecule has 0 radical (unpaired) electrons. The number of rotatable bonds is 6. The largest absolute Gasteiger partial charge is 0.478 e. The molecule has 0 bridgehead atoms. The number of aromatic nitrogens is 2. The molecule has 2 aromatic rings.